The normalized spacial score (nSPS) is 12.2. The Kier molecular flexibility index (Phi) is 5.31. The topological polar surface area (TPSA) is 57.8 Å². The zero-order valence-corrected chi connectivity index (χ0v) is 15.9. The summed E-state index contributed by atoms with van der Waals surface area (Å²) < 4.78 is 0. The van der Waals surface area contributed by atoms with Crippen LogP contribution in [0.2, 0.25) is 0 Å². The molecule has 0 radical (unpaired) electrons. The van der Waals surface area contributed by atoms with Crippen molar-refractivity contribution in [3.8, 4) is 0 Å². The van der Waals surface area contributed by atoms with E-state index in [-0.39, 0.29) is 5.78 Å². The van der Waals surface area contributed by atoms with Crippen molar-refractivity contribution in [3.63, 3.8) is 0 Å². The van der Waals surface area contributed by atoms with Crippen molar-refractivity contribution < 1.29 is 4.79 Å². The quantitative estimate of drug-likeness (QED) is 0.467. The first-order chi connectivity index (χ1) is 13.7. The fraction of sp³-hybridized carbons (Fsp3) is 0.167. The standard InChI is InChI=1S/C24H23N3O/c1-17-7-9-18(10-8-17)11-14-26-23(19-5-3-2-4-6-19)24(28)21-16-27-22-12-13-25-15-20(21)22/h2-10,12-13,15-16,23,26-27H,11,14H2,1H3/t23-/m1/s1. The molecule has 0 aliphatic heterocycles. The lowest BCUT2D eigenvalue weighted by Crippen LogP contribution is -2.30. The van der Waals surface area contributed by atoms with Crippen molar-refractivity contribution in [2.45, 2.75) is 19.4 Å². The third kappa shape index (κ3) is 3.87. The molecule has 2 aromatic carbocycles. The Hall–Kier alpha value is -3.24. The van der Waals surface area contributed by atoms with E-state index in [0.29, 0.717) is 5.56 Å². The number of benzene rings is 2. The van der Waals surface area contributed by atoms with Crippen molar-refractivity contribution >= 4 is 16.7 Å². The van der Waals surface area contributed by atoms with Crippen LogP contribution in [0.4, 0.5) is 0 Å². The average Bonchev–Trinajstić information content (AvgIpc) is 3.17. The van der Waals surface area contributed by atoms with E-state index in [9.17, 15) is 4.79 Å². The molecule has 140 valence electrons. The summed E-state index contributed by atoms with van der Waals surface area (Å²) in [4.78, 5) is 20.7. The maximum Gasteiger partial charge on any atom is 0.186 e. The number of nitrogens with one attached hydrogen (secondary N) is 2. The summed E-state index contributed by atoms with van der Waals surface area (Å²) in [6.07, 6.45) is 6.12. The van der Waals surface area contributed by atoms with Crippen LogP contribution in [0.25, 0.3) is 10.9 Å². The van der Waals surface area contributed by atoms with Crippen LogP contribution in [0, 0.1) is 6.92 Å². The predicted molar refractivity (Wildman–Crippen MR) is 112 cm³/mol. The number of nitrogens with zero attached hydrogens (tertiary/aromatic N) is 1. The van der Waals surface area contributed by atoms with Gasteiger partial charge in [-0.25, -0.2) is 0 Å². The molecule has 2 heterocycles. The Morgan fingerprint density at radius 1 is 1.07 bits per heavy atom. The van der Waals surface area contributed by atoms with Gasteiger partial charge in [-0.3, -0.25) is 9.78 Å². The highest BCUT2D eigenvalue weighted by atomic mass is 16.1. The summed E-state index contributed by atoms with van der Waals surface area (Å²) >= 11 is 0. The van der Waals surface area contributed by atoms with Gasteiger partial charge >= 0.3 is 0 Å². The molecule has 1 atom stereocenters. The number of aromatic amines is 1. The molecule has 0 saturated heterocycles. The average molecular weight is 369 g/mol. The molecule has 0 saturated carbocycles. The zero-order chi connectivity index (χ0) is 19.3. The zero-order valence-electron chi connectivity index (χ0n) is 15.9. The maximum absolute atomic E-state index is 13.4. The highest BCUT2D eigenvalue weighted by Crippen LogP contribution is 2.24. The Labute approximate surface area is 164 Å². The summed E-state index contributed by atoms with van der Waals surface area (Å²) in [5.41, 5.74) is 5.06. The minimum Gasteiger partial charge on any atom is -0.360 e. The number of carbonyl (C=O) groups is 1. The van der Waals surface area contributed by atoms with Crippen molar-refractivity contribution in [2.24, 2.45) is 0 Å². The molecule has 2 aromatic heterocycles. The molecular weight excluding hydrogens is 346 g/mol. The second-order valence-electron chi connectivity index (χ2n) is 7.02. The van der Waals surface area contributed by atoms with Gasteiger partial charge in [-0.15, -0.1) is 0 Å². The van der Waals surface area contributed by atoms with Crippen molar-refractivity contribution in [2.75, 3.05) is 6.54 Å². The third-order valence-electron chi connectivity index (χ3n) is 5.03. The fourth-order valence-corrected chi connectivity index (χ4v) is 3.44. The van der Waals surface area contributed by atoms with Crippen molar-refractivity contribution in [1.82, 2.24) is 15.3 Å². The fourth-order valence-electron chi connectivity index (χ4n) is 3.44. The monoisotopic (exact) mass is 369 g/mol. The molecule has 0 amide bonds. The molecule has 0 bridgehead atoms. The Bertz CT molecular complexity index is 1070. The number of carbonyl (C=O) groups excluding carboxylic acids is 1. The molecule has 28 heavy (non-hydrogen) atoms. The SMILES string of the molecule is Cc1ccc(CCN[C@@H](C(=O)c2c[nH]c3ccncc23)c2ccccc2)cc1. The highest BCUT2D eigenvalue weighted by Gasteiger charge is 2.23. The number of fused-ring (bicyclic) bond motifs is 1. The molecule has 4 aromatic rings. The molecule has 0 aliphatic carbocycles. The minimum atomic E-state index is -0.397. The number of H-pyrrole nitrogens is 1. The first kappa shape index (κ1) is 18.1. The van der Waals surface area contributed by atoms with E-state index < -0.39 is 6.04 Å². The first-order valence-electron chi connectivity index (χ1n) is 9.51. The van der Waals surface area contributed by atoms with E-state index in [4.69, 9.17) is 0 Å². The molecule has 2 N–H and O–H groups in total. The Morgan fingerprint density at radius 2 is 1.86 bits per heavy atom. The van der Waals surface area contributed by atoms with Gasteiger partial charge in [0.2, 0.25) is 0 Å². The number of hydrogen-bond acceptors (Lipinski definition) is 3. The van der Waals surface area contributed by atoms with Gasteiger partial charge in [0, 0.05) is 41.6 Å². The number of hydrogen-bond donors (Lipinski definition) is 2. The molecular formula is C24H23N3O. The Balaban J connectivity index is 1.57. The first-order valence-corrected chi connectivity index (χ1v) is 9.51. The van der Waals surface area contributed by atoms with Gasteiger partial charge in [0.15, 0.2) is 5.78 Å². The lowest BCUT2D eigenvalue weighted by Gasteiger charge is -2.18. The second-order valence-corrected chi connectivity index (χ2v) is 7.02. The number of Topliss-reactive ketones (excluding diaryl/α,β-unsaturated/α-hetero) is 1. The summed E-state index contributed by atoms with van der Waals surface area (Å²) in [6, 6.07) is 19.9. The number of ketones is 1. The van der Waals surface area contributed by atoms with E-state index >= 15 is 0 Å². The van der Waals surface area contributed by atoms with E-state index in [1.807, 2.05) is 36.4 Å². The van der Waals surface area contributed by atoms with Gasteiger partial charge in [-0.2, -0.15) is 0 Å². The lowest BCUT2D eigenvalue weighted by molar-refractivity contribution is 0.0945. The highest BCUT2D eigenvalue weighted by molar-refractivity contribution is 6.10. The van der Waals surface area contributed by atoms with Crippen LogP contribution in [-0.2, 0) is 6.42 Å². The van der Waals surface area contributed by atoms with E-state index in [0.717, 1.165) is 29.4 Å². The number of aromatic nitrogens is 2. The van der Waals surface area contributed by atoms with Crippen LogP contribution in [0.15, 0.2) is 79.3 Å². The number of pyridine rings is 1. The third-order valence-corrected chi connectivity index (χ3v) is 5.03. The predicted octanol–water partition coefficient (Wildman–Crippen LogP) is 4.63. The second kappa shape index (κ2) is 8.19. The van der Waals surface area contributed by atoms with Crippen LogP contribution in [0.1, 0.15) is 33.1 Å². The van der Waals surface area contributed by atoms with Crippen LogP contribution in [-0.4, -0.2) is 22.3 Å². The number of aryl methyl sites for hydroxylation is 1. The lowest BCUT2D eigenvalue weighted by atomic mass is 9.97. The van der Waals surface area contributed by atoms with Gasteiger partial charge in [0.05, 0.1) is 6.04 Å². The smallest absolute Gasteiger partial charge is 0.186 e. The summed E-state index contributed by atoms with van der Waals surface area (Å²) in [5, 5.41) is 4.32. The van der Waals surface area contributed by atoms with Crippen LogP contribution >= 0.6 is 0 Å². The summed E-state index contributed by atoms with van der Waals surface area (Å²) in [5.74, 6) is 0.0503. The molecule has 0 spiro atoms. The van der Waals surface area contributed by atoms with Crippen LogP contribution < -0.4 is 5.32 Å². The molecule has 4 nitrogen and oxygen atoms in total. The van der Waals surface area contributed by atoms with Crippen LogP contribution in [0.5, 0.6) is 0 Å². The van der Waals surface area contributed by atoms with E-state index in [2.05, 4.69) is 46.5 Å². The summed E-state index contributed by atoms with van der Waals surface area (Å²) in [6.45, 7) is 2.80. The van der Waals surface area contributed by atoms with E-state index in [1.165, 1.54) is 11.1 Å². The summed E-state index contributed by atoms with van der Waals surface area (Å²) in [7, 11) is 0. The van der Waals surface area contributed by atoms with Gasteiger partial charge < -0.3 is 10.3 Å². The van der Waals surface area contributed by atoms with E-state index in [1.54, 1.807) is 18.6 Å². The number of rotatable bonds is 7. The van der Waals surface area contributed by atoms with Crippen molar-refractivity contribution in [1.29, 1.82) is 0 Å². The molecule has 0 aliphatic rings. The Morgan fingerprint density at radius 3 is 2.64 bits per heavy atom. The minimum absolute atomic E-state index is 0.0503. The maximum atomic E-state index is 13.4. The van der Waals surface area contributed by atoms with Gasteiger partial charge in [-0.1, -0.05) is 60.2 Å². The molecule has 4 rings (SSSR count). The largest absolute Gasteiger partial charge is 0.360 e. The molecule has 0 unspecified atom stereocenters. The molecule has 0 fully saturated rings. The van der Waals surface area contributed by atoms with Crippen LogP contribution in [0.3, 0.4) is 0 Å². The molecule has 4 heteroatoms. The van der Waals surface area contributed by atoms with Gasteiger partial charge in [0.25, 0.3) is 0 Å². The van der Waals surface area contributed by atoms with Gasteiger partial charge in [0.1, 0.15) is 0 Å². The van der Waals surface area contributed by atoms with Crippen molar-refractivity contribution in [3.05, 3.63) is 102 Å². The van der Waals surface area contributed by atoms with Gasteiger partial charge in [-0.05, 0) is 30.5 Å².